The van der Waals surface area contributed by atoms with E-state index < -0.39 is 0 Å². The van der Waals surface area contributed by atoms with Gasteiger partial charge in [0.1, 0.15) is 23.5 Å². The number of aromatic amines is 2. The summed E-state index contributed by atoms with van der Waals surface area (Å²) >= 11 is 0. The van der Waals surface area contributed by atoms with Crippen LogP contribution in [0.5, 0.6) is 0 Å². The van der Waals surface area contributed by atoms with Crippen molar-refractivity contribution in [2.45, 2.75) is 0 Å². The van der Waals surface area contributed by atoms with Gasteiger partial charge in [0.05, 0.1) is 23.1 Å². The summed E-state index contributed by atoms with van der Waals surface area (Å²) in [6, 6.07) is 12.3. The molecule has 0 atom stereocenters. The van der Waals surface area contributed by atoms with Gasteiger partial charge in [0.15, 0.2) is 0 Å². The van der Waals surface area contributed by atoms with Crippen LogP contribution in [0.25, 0.3) is 55.7 Å². The highest BCUT2D eigenvalue weighted by Gasteiger charge is 2.15. The van der Waals surface area contributed by atoms with Crippen LogP contribution in [0.4, 0.5) is 4.39 Å². The molecule has 0 bridgehead atoms. The number of hydrogen-bond donors (Lipinski definition) is 2. The highest BCUT2D eigenvalue weighted by Crippen LogP contribution is 2.33. The van der Waals surface area contributed by atoms with E-state index in [1.165, 1.54) is 18.5 Å². The molecule has 0 spiro atoms. The number of pyridine rings is 2. The van der Waals surface area contributed by atoms with Gasteiger partial charge in [0.2, 0.25) is 0 Å². The van der Waals surface area contributed by atoms with E-state index >= 15 is 0 Å². The molecule has 0 radical (unpaired) electrons. The first-order valence-corrected chi connectivity index (χ1v) is 9.60. The highest BCUT2D eigenvalue weighted by molar-refractivity contribution is 6.00. The van der Waals surface area contributed by atoms with Crippen LogP contribution in [0.1, 0.15) is 0 Å². The van der Waals surface area contributed by atoms with Gasteiger partial charge < -0.3 is 4.98 Å². The average Bonchev–Trinajstić information content (AvgIpc) is 3.43. The molecule has 0 amide bonds. The minimum atomic E-state index is -0.264. The summed E-state index contributed by atoms with van der Waals surface area (Å²) in [5, 5.41) is 9.40. The molecule has 8 heteroatoms. The molecular formula is C23H14FN7. The fourth-order valence-electron chi connectivity index (χ4n) is 3.75. The molecule has 0 saturated carbocycles. The Labute approximate surface area is 175 Å². The maximum Gasteiger partial charge on any atom is 0.138 e. The topological polar surface area (TPSA) is 96.0 Å². The Hall–Kier alpha value is -4.46. The van der Waals surface area contributed by atoms with Gasteiger partial charge in [0, 0.05) is 34.9 Å². The number of benzene rings is 1. The molecule has 5 aromatic heterocycles. The van der Waals surface area contributed by atoms with Gasteiger partial charge in [-0.3, -0.25) is 10.1 Å². The van der Waals surface area contributed by atoms with Crippen molar-refractivity contribution in [2.24, 2.45) is 0 Å². The minimum absolute atomic E-state index is 0.264. The molecule has 148 valence electrons. The number of H-pyrrole nitrogens is 2. The number of nitrogens with zero attached hydrogens (tertiary/aromatic N) is 5. The second-order valence-corrected chi connectivity index (χ2v) is 7.13. The Balaban J connectivity index is 1.51. The first kappa shape index (κ1) is 17.4. The van der Waals surface area contributed by atoms with Gasteiger partial charge in [-0.2, -0.15) is 5.10 Å². The van der Waals surface area contributed by atoms with Crippen molar-refractivity contribution in [1.29, 1.82) is 0 Å². The number of halogens is 1. The van der Waals surface area contributed by atoms with Crippen molar-refractivity contribution in [1.82, 2.24) is 35.1 Å². The minimum Gasteiger partial charge on any atom is -0.338 e. The number of aromatic nitrogens is 7. The van der Waals surface area contributed by atoms with Crippen LogP contribution in [-0.4, -0.2) is 35.1 Å². The van der Waals surface area contributed by atoms with E-state index in [0.717, 1.165) is 55.7 Å². The van der Waals surface area contributed by atoms with Crippen molar-refractivity contribution in [3.63, 3.8) is 0 Å². The molecule has 6 rings (SSSR count). The molecule has 0 aliphatic carbocycles. The van der Waals surface area contributed by atoms with Crippen molar-refractivity contribution in [3.8, 4) is 33.8 Å². The fourth-order valence-corrected chi connectivity index (χ4v) is 3.75. The summed E-state index contributed by atoms with van der Waals surface area (Å²) in [6.45, 7) is 0. The molecule has 2 N–H and O–H groups in total. The molecule has 6 aromatic rings. The predicted octanol–water partition coefficient (Wildman–Crippen LogP) is 4.76. The lowest BCUT2D eigenvalue weighted by Crippen LogP contribution is -1.86. The number of rotatable bonds is 3. The van der Waals surface area contributed by atoms with Gasteiger partial charge >= 0.3 is 0 Å². The fraction of sp³-hybridized carbons (Fsp3) is 0. The van der Waals surface area contributed by atoms with Gasteiger partial charge in [-0.25, -0.2) is 19.3 Å². The van der Waals surface area contributed by atoms with Gasteiger partial charge in [-0.15, -0.1) is 0 Å². The summed E-state index contributed by atoms with van der Waals surface area (Å²) in [6.07, 6.45) is 8.42. The second kappa shape index (κ2) is 6.81. The molecule has 1 aromatic carbocycles. The first-order valence-electron chi connectivity index (χ1n) is 9.60. The smallest absolute Gasteiger partial charge is 0.138 e. The molecule has 0 fully saturated rings. The maximum absolute atomic E-state index is 13.4. The van der Waals surface area contributed by atoms with Crippen LogP contribution in [0.15, 0.2) is 73.6 Å². The molecule has 0 saturated heterocycles. The Morgan fingerprint density at radius 3 is 2.48 bits per heavy atom. The van der Waals surface area contributed by atoms with Crippen LogP contribution < -0.4 is 0 Å². The normalized spacial score (nSPS) is 11.4. The van der Waals surface area contributed by atoms with Crippen LogP contribution >= 0.6 is 0 Å². The van der Waals surface area contributed by atoms with E-state index in [1.54, 1.807) is 36.9 Å². The third-order valence-corrected chi connectivity index (χ3v) is 5.25. The zero-order chi connectivity index (χ0) is 20.8. The third-order valence-electron chi connectivity index (χ3n) is 5.25. The third kappa shape index (κ3) is 2.93. The Bertz CT molecular complexity index is 1540. The molecule has 0 aliphatic rings. The quantitative estimate of drug-likeness (QED) is 0.441. The Kier molecular flexibility index (Phi) is 3.82. The van der Waals surface area contributed by atoms with E-state index in [2.05, 4.69) is 35.1 Å². The van der Waals surface area contributed by atoms with E-state index in [4.69, 9.17) is 0 Å². The maximum atomic E-state index is 13.4. The zero-order valence-corrected chi connectivity index (χ0v) is 16.0. The van der Waals surface area contributed by atoms with Gasteiger partial charge in [0.25, 0.3) is 0 Å². The standard InChI is InChI=1S/C23H14FN7/c24-15-3-1-13(2-4-15)16-5-6-27-23-17(16)7-20(29-23)22-18-8-19(14-9-25-12-26-10-14)28-11-21(18)30-31-22/h1-12H,(H,27,29)(H,30,31). The number of hydrogen-bond acceptors (Lipinski definition) is 5. The van der Waals surface area contributed by atoms with Crippen molar-refractivity contribution in [3.05, 3.63) is 79.4 Å². The predicted molar refractivity (Wildman–Crippen MR) is 115 cm³/mol. The van der Waals surface area contributed by atoms with Crippen LogP contribution in [-0.2, 0) is 0 Å². The molecule has 0 aliphatic heterocycles. The van der Waals surface area contributed by atoms with Crippen molar-refractivity contribution < 1.29 is 4.39 Å². The Morgan fingerprint density at radius 1 is 0.806 bits per heavy atom. The molecular weight excluding hydrogens is 393 g/mol. The summed E-state index contributed by atoms with van der Waals surface area (Å²) in [5.74, 6) is -0.264. The lowest BCUT2D eigenvalue weighted by atomic mass is 10.0. The summed E-state index contributed by atoms with van der Waals surface area (Å²) in [7, 11) is 0. The number of fused-ring (bicyclic) bond motifs is 2. The average molecular weight is 407 g/mol. The van der Waals surface area contributed by atoms with Crippen LogP contribution in [0.3, 0.4) is 0 Å². The van der Waals surface area contributed by atoms with E-state index in [-0.39, 0.29) is 5.82 Å². The molecule has 0 unspecified atom stereocenters. The lowest BCUT2D eigenvalue weighted by molar-refractivity contribution is 0.628. The van der Waals surface area contributed by atoms with Crippen molar-refractivity contribution >= 4 is 21.9 Å². The van der Waals surface area contributed by atoms with Gasteiger partial charge in [-0.1, -0.05) is 12.1 Å². The highest BCUT2D eigenvalue weighted by atomic mass is 19.1. The van der Waals surface area contributed by atoms with E-state index in [9.17, 15) is 4.39 Å². The van der Waals surface area contributed by atoms with Crippen molar-refractivity contribution in [2.75, 3.05) is 0 Å². The monoisotopic (exact) mass is 407 g/mol. The van der Waals surface area contributed by atoms with Crippen LogP contribution in [0.2, 0.25) is 0 Å². The molecule has 7 nitrogen and oxygen atoms in total. The van der Waals surface area contributed by atoms with E-state index in [0.29, 0.717) is 0 Å². The number of nitrogens with one attached hydrogen (secondary N) is 2. The first-order chi connectivity index (χ1) is 15.3. The zero-order valence-electron chi connectivity index (χ0n) is 16.0. The van der Waals surface area contributed by atoms with Crippen LogP contribution in [0, 0.1) is 5.82 Å². The van der Waals surface area contributed by atoms with Gasteiger partial charge in [-0.05, 0) is 41.5 Å². The molecule has 5 heterocycles. The molecule has 31 heavy (non-hydrogen) atoms. The summed E-state index contributed by atoms with van der Waals surface area (Å²) < 4.78 is 13.4. The largest absolute Gasteiger partial charge is 0.338 e. The summed E-state index contributed by atoms with van der Waals surface area (Å²) in [5.41, 5.74) is 6.62. The SMILES string of the molecule is Fc1ccc(-c2ccnc3[nH]c(-c4n[nH]c5cnc(-c6cncnc6)cc45)cc23)cc1. The second-order valence-electron chi connectivity index (χ2n) is 7.13. The van der Waals surface area contributed by atoms with E-state index in [1.807, 2.05) is 18.2 Å². The lowest BCUT2D eigenvalue weighted by Gasteiger charge is -2.02. The Morgan fingerprint density at radius 2 is 1.65 bits per heavy atom. The summed E-state index contributed by atoms with van der Waals surface area (Å²) in [4.78, 5) is 20.4.